The summed E-state index contributed by atoms with van der Waals surface area (Å²) in [6.07, 6.45) is 0. The van der Waals surface area contributed by atoms with Gasteiger partial charge in [0.15, 0.2) is 0 Å². The first-order valence-electron chi connectivity index (χ1n) is 6.13. The van der Waals surface area contributed by atoms with Crippen LogP contribution in [0.25, 0.3) is 0 Å². The maximum Gasteiger partial charge on any atom is 0.145 e. The number of hydrogen-bond donors (Lipinski definition) is 1. The van der Waals surface area contributed by atoms with Crippen LogP contribution in [0.5, 0.6) is 0 Å². The van der Waals surface area contributed by atoms with Gasteiger partial charge in [0.25, 0.3) is 0 Å². The molecule has 0 saturated heterocycles. The molecule has 21 heavy (non-hydrogen) atoms. The highest BCUT2D eigenvalue weighted by molar-refractivity contribution is 9.10. The van der Waals surface area contributed by atoms with Crippen LogP contribution in [0.4, 0.5) is 14.5 Å². The molecule has 0 aliphatic carbocycles. The minimum absolute atomic E-state index is 0.0188. The molecular formula is C15H13BrF2N2S. The van der Waals surface area contributed by atoms with Crippen LogP contribution in [-0.2, 0) is 6.54 Å². The minimum Gasteiger partial charge on any atom is -0.389 e. The lowest BCUT2D eigenvalue weighted by Gasteiger charge is -2.20. The average molecular weight is 371 g/mol. The largest absolute Gasteiger partial charge is 0.389 e. The zero-order valence-electron chi connectivity index (χ0n) is 11.2. The highest BCUT2D eigenvalue weighted by Gasteiger charge is 2.14. The highest BCUT2D eigenvalue weighted by Crippen LogP contribution is 2.24. The van der Waals surface area contributed by atoms with Gasteiger partial charge in [-0.15, -0.1) is 0 Å². The van der Waals surface area contributed by atoms with Gasteiger partial charge in [-0.3, -0.25) is 0 Å². The Morgan fingerprint density at radius 3 is 2.38 bits per heavy atom. The highest BCUT2D eigenvalue weighted by atomic mass is 79.9. The number of rotatable bonds is 4. The third kappa shape index (κ3) is 3.57. The maximum atomic E-state index is 14.0. The van der Waals surface area contributed by atoms with Crippen molar-refractivity contribution in [3.63, 3.8) is 0 Å². The lowest BCUT2D eigenvalue weighted by molar-refractivity contribution is 0.549. The Morgan fingerprint density at radius 2 is 1.81 bits per heavy atom. The van der Waals surface area contributed by atoms with Crippen molar-refractivity contribution in [2.45, 2.75) is 6.54 Å². The van der Waals surface area contributed by atoms with E-state index in [0.29, 0.717) is 4.99 Å². The van der Waals surface area contributed by atoms with Crippen LogP contribution in [0.1, 0.15) is 11.1 Å². The van der Waals surface area contributed by atoms with Crippen molar-refractivity contribution in [1.82, 2.24) is 0 Å². The second-order valence-electron chi connectivity index (χ2n) is 4.59. The summed E-state index contributed by atoms with van der Waals surface area (Å²) in [5.41, 5.74) is 7.12. The maximum absolute atomic E-state index is 14.0. The summed E-state index contributed by atoms with van der Waals surface area (Å²) in [6, 6.07) is 9.77. The molecule has 0 unspecified atom stereocenters. The Hall–Kier alpha value is -1.53. The van der Waals surface area contributed by atoms with Crippen molar-refractivity contribution < 1.29 is 8.78 Å². The van der Waals surface area contributed by atoms with Crippen LogP contribution >= 0.6 is 28.1 Å². The van der Waals surface area contributed by atoms with Gasteiger partial charge < -0.3 is 10.6 Å². The molecule has 2 N–H and O–H groups in total. The molecule has 0 radical (unpaired) electrons. The first-order chi connectivity index (χ1) is 9.90. The molecule has 2 nitrogen and oxygen atoms in total. The van der Waals surface area contributed by atoms with Crippen LogP contribution in [0.3, 0.4) is 0 Å². The lowest BCUT2D eigenvalue weighted by atomic mass is 10.1. The number of nitrogens with two attached hydrogens (primary N) is 1. The molecule has 0 amide bonds. The molecule has 2 aromatic carbocycles. The molecule has 0 saturated carbocycles. The Kier molecular flexibility index (Phi) is 4.90. The van der Waals surface area contributed by atoms with Crippen molar-refractivity contribution in [1.29, 1.82) is 0 Å². The smallest absolute Gasteiger partial charge is 0.145 e. The summed E-state index contributed by atoms with van der Waals surface area (Å²) in [7, 11) is 1.76. The minimum atomic E-state index is -0.582. The van der Waals surface area contributed by atoms with Gasteiger partial charge in [-0.2, -0.15) is 0 Å². The zero-order valence-corrected chi connectivity index (χ0v) is 13.6. The first kappa shape index (κ1) is 15.9. The van der Waals surface area contributed by atoms with E-state index in [1.807, 2.05) is 12.1 Å². The zero-order chi connectivity index (χ0) is 15.6. The number of anilines is 1. The average Bonchev–Trinajstić information content (AvgIpc) is 2.47. The van der Waals surface area contributed by atoms with Crippen LogP contribution in [0, 0.1) is 11.6 Å². The fraction of sp³-hybridized carbons (Fsp3) is 0.133. The summed E-state index contributed by atoms with van der Waals surface area (Å²) in [5, 5.41) is 0. The Labute approximate surface area is 135 Å². The van der Waals surface area contributed by atoms with Crippen molar-refractivity contribution in [3.05, 3.63) is 63.6 Å². The number of hydrogen-bond acceptors (Lipinski definition) is 2. The molecule has 6 heteroatoms. The van der Waals surface area contributed by atoms with Gasteiger partial charge in [0.05, 0.1) is 4.47 Å². The fourth-order valence-corrected chi connectivity index (χ4v) is 2.43. The normalized spacial score (nSPS) is 10.5. The first-order valence-corrected chi connectivity index (χ1v) is 7.33. The van der Waals surface area contributed by atoms with Gasteiger partial charge in [0.1, 0.15) is 16.6 Å². The van der Waals surface area contributed by atoms with Crippen molar-refractivity contribution in [2.24, 2.45) is 5.73 Å². The summed E-state index contributed by atoms with van der Waals surface area (Å²) >= 11 is 7.95. The molecule has 110 valence electrons. The van der Waals surface area contributed by atoms with Gasteiger partial charge in [-0.05, 0) is 52.3 Å². The molecule has 0 spiro atoms. The topological polar surface area (TPSA) is 29.3 Å². The third-order valence-electron chi connectivity index (χ3n) is 3.13. The number of thiocarbonyl (C=S) groups is 1. The Morgan fingerprint density at radius 1 is 1.19 bits per heavy atom. The summed E-state index contributed by atoms with van der Waals surface area (Å²) < 4.78 is 28.0. The van der Waals surface area contributed by atoms with E-state index in [1.165, 1.54) is 12.1 Å². The van der Waals surface area contributed by atoms with Gasteiger partial charge in [-0.25, -0.2) is 8.78 Å². The molecule has 0 aliphatic rings. The molecular weight excluding hydrogens is 358 g/mol. The van der Waals surface area contributed by atoms with E-state index in [-0.39, 0.29) is 16.6 Å². The molecule has 0 atom stereocenters. The summed E-state index contributed by atoms with van der Waals surface area (Å²) in [5.74, 6) is -1.15. The monoisotopic (exact) mass is 370 g/mol. The quantitative estimate of drug-likeness (QED) is 0.651. The molecule has 0 bridgehead atoms. The van der Waals surface area contributed by atoms with Crippen LogP contribution in [-0.4, -0.2) is 12.0 Å². The van der Waals surface area contributed by atoms with Gasteiger partial charge in [0, 0.05) is 30.4 Å². The van der Waals surface area contributed by atoms with E-state index in [4.69, 9.17) is 18.0 Å². The SMILES string of the molecule is CN(Cc1c(F)ccc(Br)c1F)c1ccc(C(N)=S)cc1. The number of benzene rings is 2. The van der Waals surface area contributed by atoms with E-state index in [9.17, 15) is 8.78 Å². The standard InChI is InChI=1S/C15H13BrF2N2S/c1-20(10-4-2-9(3-5-10)15(19)21)8-11-13(17)7-6-12(16)14(11)18/h2-7H,8H2,1H3,(H2,19,21). The number of nitrogens with zero attached hydrogens (tertiary/aromatic N) is 1. The molecule has 0 aliphatic heterocycles. The van der Waals surface area contributed by atoms with E-state index in [2.05, 4.69) is 15.9 Å². The van der Waals surface area contributed by atoms with E-state index >= 15 is 0 Å². The summed E-state index contributed by atoms with van der Waals surface area (Å²) in [4.78, 5) is 2.06. The van der Waals surface area contributed by atoms with Crippen molar-refractivity contribution in [2.75, 3.05) is 11.9 Å². The Balaban J connectivity index is 2.24. The van der Waals surface area contributed by atoms with E-state index in [0.717, 1.165) is 11.3 Å². The van der Waals surface area contributed by atoms with Crippen LogP contribution < -0.4 is 10.6 Å². The molecule has 0 heterocycles. The Bertz CT molecular complexity index is 674. The van der Waals surface area contributed by atoms with Crippen LogP contribution in [0.2, 0.25) is 0 Å². The predicted octanol–water partition coefficient (Wildman–Crippen LogP) is 4.00. The second kappa shape index (κ2) is 6.49. The molecule has 2 aromatic rings. The van der Waals surface area contributed by atoms with Crippen LogP contribution in [0.15, 0.2) is 40.9 Å². The van der Waals surface area contributed by atoms with E-state index in [1.54, 1.807) is 24.1 Å². The van der Waals surface area contributed by atoms with Crippen molar-refractivity contribution in [3.8, 4) is 0 Å². The molecule has 0 fully saturated rings. The van der Waals surface area contributed by atoms with Crippen molar-refractivity contribution >= 4 is 38.8 Å². The molecule has 0 aromatic heterocycles. The number of halogens is 3. The van der Waals surface area contributed by atoms with Gasteiger partial charge >= 0.3 is 0 Å². The predicted molar refractivity (Wildman–Crippen MR) is 88.5 cm³/mol. The molecule has 2 rings (SSSR count). The van der Waals surface area contributed by atoms with E-state index < -0.39 is 11.6 Å². The summed E-state index contributed by atoms with van der Waals surface area (Å²) in [6.45, 7) is 0.115. The van der Waals surface area contributed by atoms with Gasteiger partial charge in [-0.1, -0.05) is 12.2 Å². The second-order valence-corrected chi connectivity index (χ2v) is 5.88. The lowest BCUT2D eigenvalue weighted by Crippen LogP contribution is -2.19. The van der Waals surface area contributed by atoms with Gasteiger partial charge in [0.2, 0.25) is 0 Å². The fourth-order valence-electron chi connectivity index (χ4n) is 1.92. The third-order valence-corrected chi connectivity index (χ3v) is 3.97.